The summed E-state index contributed by atoms with van der Waals surface area (Å²) in [6.07, 6.45) is 0. The van der Waals surface area contributed by atoms with Crippen LogP contribution in [0, 0.1) is 11.6 Å². The van der Waals surface area contributed by atoms with E-state index in [1.165, 1.54) is 0 Å². The van der Waals surface area contributed by atoms with Crippen LogP contribution in [-0.2, 0) is 6.54 Å². The molecule has 0 aliphatic carbocycles. The first-order chi connectivity index (χ1) is 9.47. The quantitative estimate of drug-likeness (QED) is 0.882. The summed E-state index contributed by atoms with van der Waals surface area (Å²) in [6, 6.07) is 8.82. The lowest BCUT2D eigenvalue weighted by molar-refractivity contribution is 0.0696. The fraction of sp³-hybridized carbons (Fsp3) is 0.0714. The number of carbonyl (C=O) groups is 1. The van der Waals surface area contributed by atoms with Crippen molar-refractivity contribution in [3.63, 3.8) is 0 Å². The monoisotopic (exact) mass is 341 g/mol. The lowest BCUT2D eigenvalue weighted by Gasteiger charge is -2.10. The van der Waals surface area contributed by atoms with E-state index in [0.29, 0.717) is 0 Å². The SMILES string of the molecule is O=C(O)c1cc(F)c(NCc2ccc(Br)cc2)c(F)c1. The fourth-order valence-electron chi connectivity index (χ4n) is 1.66. The van der Waals surface area contributed by atoms with E-state index in [1.54, 1.807) is 12.1 Å². The van der Waals surface area contributed by atoms with Crippen LogP contribution in [0.15, 0.2) is 40.9 Å². The van der Waals surface area contributed by atoms with Crippen molar-refractivity contribution >= 4 is 27.6 Å². The van der Waals surface area contributed by atoms with Crippen molar-refractivity contribution in [3.8, 4) is 0 Å². The van der Waals surface area contributed by atoms with Crippen LogP contribution in [0.2, 0.25) is 0 Å². The summed E-state index contributed by atoms with van der Waals surface area (Å²) in [5.74, 6) is -3.23. The summed E-state index contributed by atoms with van der Waals surface area (Å²) in [4.78, 5) is 10.7. The van der Waals surface area contributed by atoms with Gasteiger partial charge in [-0.25, -0.2) is 13.6 Å². The Balaban J connectivity index is 2.17. The van der Waals surface area contributed by atoms with E-state index in [9.17, 15) is 13.6 Å². The minimum Gasteiger partial charge on any atom is -0.478 e. The Labute approximate surface area is 122 Å². The molecule has 0 fully saturated rings. The lowest BCUT2D eigenvalue weighted by atomic mass is 10.1. The fourth-order valence-corrected chi connectivity index (χ4v) is 1.92. The van der Waals surface area contributed by atoms with Gasteiger partial charge in [0.15, 0.2) is 0 Å². The second kappa shape index (κ2) is 6.00. The van der Waals surface area contributed by atoms with Gasteiger partial charge in [-0.05, 0) is 29.8 Å². The molecule has 0 aromatic heterocycles. The molecule has 0 amide bonds. The number of halogens is 3. The molecule has 104 valence electrons. The van der Waals surface area contributed by atoms with E-state index in [1.807, 2.05) is 12.1 Å². The molecule has 0 heterocycles. The highest BCUT2D eigenvalue weighted by Gasteiger charge is 2.14. The van der Waals surface area contributed by atoms with Crippen LogP contribution in [0.5, 0.6) is 0 Å². The minimum absolute atomic E-state index is 0.230. The molecule has 0 aliphatic rings. The molecule has 0 radical (unpaired) electrons. The smallest absolute Gasteiger partial charge is 0.335 e. The predicted octanol–water partition coefficient (Wildman–Crippen LogP) is 4.04. The van der Waals surface area contributed by atoms with E-state index in [0.717, 1.165) is 22.2 Å². The summed E-state index contributed by atoms with van der Waals surface area (Å²) in [7, 11) is 0. The van der Waals surface area contributed by atoms with Crippen LogP contribution < -0.4 is 5.32 Å². The molecule has 0 saturated heterocycles. The number of hydrogen-bond acceptors (Lipinski definition) is 2. The van der Waals surface area contributed by atoms with Gasteiger partial charge in [0.25, 0.3) is 0 Å². The van der Waals surface area contributed by atoms with Gasteiger partial charge in [-0.1, -0.05) is 28.1 Å². The zero-order chi connectivity index (χ0) is 14.7. The molecule has 20 heavy (non-hydrogen) atoms. The second-order valence-electron chi connectivity index (χ2n) is 4.10. The van der Waals surface area contributed by atoms with Crippen LogP contribution in [0.1, 0.15) is 15.9 Å². The average Bonchev–Trinajstić information content (AvgIpc) is 2.39. The van der Waals surface area contributed by atoms with Crippen molar-refractivity contribution in [1.82, 2.24) is 0 Å². The van der Waals surface area contributed by atoms with Crippen molar-refractivity contribution in [1.29, 1.82) is 0 Å². The van der Waals surface area contributed by atoms with Gasteiger partial charge < -0.3 is 10.4 Å². The van der Waals surface area contributed by atoms with Gasteiger partial charge in [0.2, 0.25) is 0 Å². The summed E-state index contributed by atoms with van der Waals surface area (Å²) < 4.78 is 28.2. The van der Waals surface area contributed by atoms with Gasteiger partial charge in [-0.3, -0.25) is 0 Å². The first-order valence-electron chi connectivity index (χ1n) is 5.68. The molecule has 0 unspecified atom stereocenters. The zero-order valence-corrected chi connectivity index (χ0v) is 11.7. The van der Waals surface area contributed by atoms with Gasteiger partial charge >= 0.3 is 5.97 Å². The van der Waals surface area contributed by atoms with E-state index in [4.69, 9.17) is 5.11 Å². The van der Waals surface area contributed by atoms with E-state index in [2.05, 4.69) is 21.2 Å². The highest BCUT2D eigenvalue weighted by molar-refractivity contribution is 9.10. The Morgan fingerprint density at radius 3 is 2.20 bits per heavy atom. The maximum atomic E-state index is 13.7. The third kappa shape index (κ3) is 3.33. The first-order valence-corrected chi connectivity index (χ1v) is 6.47. The van der Waals surface area contributed by atoms with E-state index >= 15 is 0 Å². The normalized spacial score (nSPS) is 10.3. The van der Waals surface area contributed by atoms with Crippen LogP contribution in [0.3, 0.4) is 0 Å². The molecule has 6 heteroatoms. The zero-order valence-electron chi connectivity index (χ0n) is 10.2. The minimum atomic E-state index is -1.37. The van der Waals surface area contributed by atoms with Gasteiger partial charge in [0.1, 0.15) is 17.3 Å². The number of anilines is 1. The Kier molecular flexibility index (Phi) is 4.34. The molecule has 0 aliphatic heterocycles. The van der Waals surface area contributed by atoms with Gasteiger partial charge in [0.05, 0.1) is 5.56 Å². The third-order valence-corrected chi connectivity index (χ3v) is 3.20. The van der Waals surface area contributed by atoms with Gasteiger partial charge in [-0.15, -0.1) is 0 Å². The molecule has 2 aromatic rings. The lowest BCUT2D eigenvalue weighted by Crippen LogP contribution is -2.06. The summed E-state index contributed by atoms with van der Waals surface area (Å²) in [6.45, 7) is 0.230. The molecule has 0 atom stereocenters. The number of aromatic carboxylic acids is 1. The standard InChI is InChI=1S/C14H10BrF2NO2/c15-10-3-1-8(2-4-10)7-18-13-11(16)5-9(14(19)20)6-12(13)17/h1-6,18H,7H2,(H,19,20). The van der Waals surface area contributed by atoms with Crippen LogP contribution >= 0.6 is 15.9 Å². The molecule has 0 spiro atoms. The molecular formula is C14H10BrF2NO2. The molecule has 2 rings (SSSR count). The number of benzene rings is 2. The molecular weight excluding hydrogens is 332 g/mol. The van der Waals surface area contributed by atoms with Gasteiger partial charge in [-0.2, -0.15) is 0 Å². The number of carboxylic acid groups (broad SMARTS) is 1. The molecule has 2 N–H and O–H groups in total. The largest absolute Gasteiger partial charge is 0.478 e. The number of carboxylic acids is 1. The second-order valence-corrected chi connectivity index (χ2v) is 5.02. The van der Waals surface area contributed by atoms with Crippen molar-refractivity contribution in [2.75, 3.05) is 5.32 Å². The van der Waals surface area contributed by atoms with Crippen molar-refractivity contribution in [3.05, 3.63) is 63.6 Å². The van der Waals surface area contributed by atoms with Crippen molar-refractivity contribution in [2.45, 2.75) is 6.54 Å². The third-order valence-electron chi connectivity index (χ3n) is 2.67. The maximum absolute atomic E-state index is 13.7. The predicted molar refractivity (Wildman–Crippen MR) is 74.8 cm³/mol. The van der Waals surface area contributed by atoms with E-state index in [-0.39, 0.29) is 12.2 Å². The van der Waals surface area contributed by atoms with Crippen LogP contribution in [0.25, 0.3) is 0 Å². The highest BCUT2D eigenvalue weighted by Crippen LogP contribution is 2.22. The maximum Gasteiger partial charge on any atom is 0.335 e. The van der Waals surface area contributed by atoms with Crippen LogP contribution in [0.4, 0.5) is 14.5 Å². The summed E-state index contributed by atoms with van der Waals surface area (Å²) >= 11 is 3.29. The van der Waals surface area contributed by atoms with Crippen molar-refractivity contribution < 1.29 is 18.7 Å². The summed E-state index contributed by atoms with van der Waals surface area (Å²) in [5, 5.41) is 11.3. The molecule has 3 nitrogen and oxygen atoms in total. The first kappa shape index (κ1) is 14.5. The van der Waals surface area contributed by atoms with E-state index < -0.39 is 23.2 Å². The summed E-state index contributed by atoms with van der Waals surface area (Å²) in [5.41, 5.74) is 0.0846. The molecule has 2 aromatic carbocycles. The number of rotatable bonds is 4. The number of nitrogens with one attached hydrogen (secondary N) is 1. The number of hydrogen-bond donors (Lipinski definition) is 2. The van der Waals surface area contributed by atoms with Crippen molar-refractivity contribution in [2.24, 2.45) is 0 Å². The Morgan fingerprint density at radius 2 is 1.70 bits per heavy atom. The molecule has 0 bridgehead atoms. The Morgan fingerprint density at radius 1 is 1.15 bits per heavy atom. The Hall–Kier alpha value is -1.95. The highest BCUT2D eigenvalue weighted by atomic mass is 79.9. The average molecular weight is 342 g/mol. The molecule has 0 saturated carbocycles. The van der Waals surface area contributed by atoms with Crippen LogP contribution in [-0.4, -0.2) is 11.1 Å². The topological polar surface area (TPSA) is 49.3 Å². The van der Waals surface area contributed by atoms with Gasteiger partial charge in [0, 0.05) is 11.0 Å². The Bertz CT molecular complexity index is 621.